The Morgan fingerprint density at radius 1 is 1.28 bits per heavy atom. The highest BCUT2D eigenvalue weighted by molar-refractivity contribution is 7.91. The van der Waals surface area contributed by atoms with Gasteiger partial charge in [-0.05, 0) is 25.5 Å². The van der Waals surface area contributed by atoms with Crippen molar-refractivity contribution in [2.75, 3.05) is 12.4 Å². The van der Waals surface area contributed by atoms with Gasteiger partial charge in [-0.25, -0.2) is 8.42 Å². The summed E-state index contributed by atoms with van der Waals surface area (Å²) in [7, 11) is -3.59. The van der Waals surface area contributed by atoms with Gasteiger partial charge in [0.25, 0.3) is 0 Å². The van der Waals surface area contributed by atoms with Crippen LogP contribution in [0.1, 0.15) is 18.4 Å². The standard InChI is InChI=1S/C18H26O6S/c1-3-4-16-15(18(21)17(24-16)9-13(20)10-19)11-25(22,23)14-7-5-12(2)6-8-14/h3,5-8,13,15-21H,1,4,9-11H2,2H3/t13-,15-,16-,17+,18-/m0/s1. The van der Waals surface area contributed by atoms with Crippen molar-refractivity contribution in [1.82, 2.24) is 0 Å². The Morgan fingerprint density at radius 3 is 2.48 bits per heavy atom. The molecule has 0 radical (unpaired) electrons. The zero-order chi connectivity index (χ0) is 18.6. The van der Waals surface area contributed by atoms with E-state index in [-0.39, 0.29) is 17.1 Å². The van der Waals surface area contributed by atoms with Gasteiger partial charge in [0.05, 0.1) is 41.7 Å². The van der Waals surface area contributed by atoms with Crippen LogP contribution in [0.3, 0.4) is 0 Å². The van der Waals surface area contributed by atoms with E-state index < -0.39 is 46.8 Å². The summed E-state index contributed by atoms with van der Waals surface area (Å²) in [6, 6.07) is 6.58. The lowest BCUT2D eigenvalue weighted by Gasteiger charge is -2.20. The van der Waals surface area contributed by atoms with Crippen LogP contribution in [0, 0.1) is 12.8 Å². The molecule has 0 bridgehead atoms. The van der Waals surface area contributed by atoms with Gasteiger partial charge >= 0.3 is 0 Å². The molecule has 1 aromatic carbocycles. The molecule has 1 fully saturated rings. The average Bonchev–Trinajstić information content (AvgIpc) is 2.84. The molecule has 1 aliphatic heterocycles. The minimum absolute atomic E-state index is 0.0480. The van der Waals surface area contributed by atoms with Gasteiger partial charge in [-0.3, -0.25) is 0 Å². The number of aryl methyl sites for hydroxylation is 1. The van der Waals surface area contributed by atoms with Crippen molar-refractivity contribution >= 4 is 9.84 Å². The number of hydrogen-bond donors (Lipinski definition) is 3. The second-order valence-electron chi connectivity index (χ2n) is 6.56. The fourth-order valence-electron chi connectivity index (χ4n) is 3.13. The van der Waals surface area contributed by atoms with Crippen molar-refractivity contribution in [3.8, 4) is 0 Å². The largest absolute Gasteiger partial charge is 0.394 e. The minimum atomic E-state index is -3.59. The fraction of sp³-hybridized carbons (Fsp3) is 0.556. The van der Waals surface area contributed by atoms with E-state index in [1.807, 2.05) is 6.92 Å². The second-order valence-corrected chi connectivity index (χ2v) is 8.59. The summed E-state index contributed by atoms with van der Waals surface area (Å²) in [5.74, 6) is -0.873. The highest BCUT2D eigenvalue weighted by atomic mass is 32.2. The minimum Gasteiger partial charge on any atom is -0.394 e. The normalized spacial score (nSPS) is 28.0. The predicted octanol–water partition coefficient (Wildman–Crippen LogP) is 0.833. The molecular formula is C18H26O6S. The Labute approximate surface area is 148 Å². The van der Waals surface area contributed by atoms with E-state index >= 15 is 0 Å². The summed E-state index contributed by atoms with van der Waals surface area (Å²) in [6.07, 6.45) is -1.20. The first kappa shape index (κ1) is 20.1. The van der Waals surface area contributed by atoms with E-state index in [2.05, 4.69) is 6.58 Å². The quantitative estimate of drug-likeness (QED) is 0.586. The summed E-state index contributed by atoms with van der Waals surface area (Å²) >= 11 is 0. The maximum absolute atomic E-state index is 12.7. The number of aliphatic hydroxyl groups excluding tert-OH is 3. The molecule has 1 heterocycles. The number of rotatable bonds is 8. The Morgan fingerprint density at radius 2 is 1.92 bits per heavy atom. The summed E-state index contributed by atoms with van der Waals surface area (Å²) in [6.45, 7) is 5.09. The van der Waals surface area contributed by atoms with Crippen LogP contribution >= 0.6 is 0 Å². The third-order valence-electron chi connectivity index (χ3n) is 4.55. The van der Waals surface area contributed by atoms with Crippen LogP contribution in [0.15, 0.2) is 41.8 Å². The maximum Gasteiger partial charge on any atom is 0.178 e. The Balaban J connectivity index is 2.19. The SMILES string of the molecule is C=CC[C@@H]1O[C@H](C[C@H](O)CO)[C@@H](O)[C@H]1CS(=O)(=O)c1ccc(C)cc1. The van der Waals surface area contributed by atoms with Crippen molar-refractivity contribution in [2.45, 2.75) is 49.1 Å². The molecule has 5 atom stereocenters. The third kappa shape index (κ3) is 4.89. The molecule has 6 nitrogen and oxygen atoms in total. The molecule has 0 spiro atoms. The molecule has 0 aromatic heterocycles. The third-order valence-corrected chi connectivity index (χ3v) is 6.37. The molecular weight excluding hydrogens is 344 g/mol. The Hall–Kier alpha value is -1.25. The molecule has 1 saturated heterocycles. The lowest BCUT2D eigenvalue weighted by molar-refractivity contribution is -0.0289. The van der Waals surface area contributed by atoms with E-state index in [1.54, 1.807) is 30.3 Å². The molecule has 3 N–H and O–H groups in total. The number of benzene rings is 1. The first-order chi connectivity index (χ1) is 11.8. The van der Waals surface area contributed by atoms with E-state index in [1.165, 1.54) is 0 Å². The molecule has 140 valence electrons. The van der Waals surface area contributed by atoms with Crippen molar-refractivity contribution in [2.24, 2.45) is 5.92 Å². The van der Waals surface area contributed by atoms with Gasteiger partial charge in [-0.1, -0.05) is 23.8 Å². The zero-order valence-electron chi connectivity index (χ0n) is 14.3. The van der Waals surface area contributed by atoms with Gasteiger partial charge in [0.15, 0.2) is 9.84 Å². The van der Waals surface area contributed by atoms with E-state index in [0.717, 1.165) is 5.56 Å². The van der Waals surface area contributed by atoms with Gasteiger partial charge in [0, 0.05) is 12.3 Å². The van der Waals surface area contributed by atoms with Crippen molar-refractivity contribution in [3.05, 3.63) is 42.5 Å². The van der Waals surface area contributed by atoms with Crippen LogP contribution in [-0.4, -0.2) is 60.5 Å². The van der Waals surface area contributed by atoms with Crippen LogP contribution in [0.4, 0.5) is 0 Å². The van der Waals surface area contributed by atoms with Gasteiger partial charge in [-0.2, -0.15) is 0 Å². The summed E-state index contributed by atoms with van der Waals surface area (Å²) in [5, 5.41) is 29.1. The molecule has 0 amide bonds. The van der Waals surface area contributed by atoms with Crippen LogP contribution < -0.4 is 0 Å². The second kappa shape index (κ2) is 8.42. The highest BCUT2D eigenvalue weighted by Gasteiger charge is 2.45. The van der Waals surface area contributed by atoms with Gasteiger partial charge in [0.1, 0.15) is 0 Å². The van der Waals surface area contributed by atoms with Gasteiger partial charge < -0.3 is 20.1 Å². The van der Waals surface area contributed by atoms with Gasteiger partial charge in [0.2, 0.25) is 0 Å². The summed E-state index contributed by atoms with van der Waals surface area (Å²) in [4.78, 5) is 0.210. The van der Waals surface area contributed by atoms with Crippen molar-refractivity contribution in [1.29, 1.82) is 0 Å². The van der Waals surface area contributed by atoms with Crippen molar-refractivity contribution in [3.63, 3.8) is 0 Å². The smallest absolute Gasteiger partial charge is 0.178 e. The lowest BCUT2D eigenvalue weighted by Crippen LogP contribution is -2.35. The maximum atomic E-state index is 12.7. The number of aliphatic hydroxyl groups is 3. The number of sulfone groups is 1. The van der Waals surface area contributed by atoms with Crippen molar-refractivity contribution < 1.29 is 28.5 Å². The van der Waals surface area contributed by atoms with Crippen LogP contribution in [0.2, 0.25) is 0 Å². The molecule has 1 aromatic rings. The molecule has 25 heavy (non-hydrogen) atoms. The summed E-state index contributed by atoms with van der Waals surface area (Å²) in [5.41, 5.74) is 0.964. The van der Waals surface area contributed by atoms with Gasteiger partial charge in [-0.15, -0.1) is 6.58 Å². The Kier molecular flexibility index (Phi) is 6.76. The topological polar surface area (TPSA) is 104 Å². The predicted molar refractivity (Wildman–Crippen MR) is 93.9 cm³/mol. The summed E-state index contributed by atoms with van der Waals surface area (Å²) < 4.78 is 31.1. The molecule has 0 aliphatic carbocycles. The number of ether oxygens (including phenoxy) is 1. The molecule has 0 saturated carbocycles. The average molecular weight is 370 g/mol. The molecule has 1 aliphatic rings. The highest BCUT2D eigenvalue weighted by Crippen LogP contribution is 2.34. The molecule has 0 unspecified atom stereocenters. The molecule has 2 rings (SSSR count). The first-order valence-electron chi connectivity index (χ1n) is 8.31. The number of hydrogen-bond acceptors (Lipinski definition) is 6. The fourth-order valence-corrected chi connectivity index (χ4v) is 4.80. The first-order valence-corrected chi connectivity index (χ1v) is 9.96. The van der Waals surface area contributed by atoms with E-state index in [0.29, 0.717) is 6.42 Å². The van der Waals surface area contributed by atoms with Crippen LogP contribution in [0.5, 0.6) is 0 Å². The Bertz CT molecular complexity index is 669. The lowest BCUT2D eigenvalue weighted by atomic mass is 9.94. The van der Waals surface area contributed by atoms with E-state index in [9.17, 15) is 18.6 Å². The van der Waals surface area contributed by atoms with Crippen LogP contribution in [0.25, 0.3) is 0 Å². The van der Waals surface area contributed by atoms with Crippen LogP contribution in [-0.2, 0) is 14.6 Å². The van der Waals surface area contributed by atoms with E-state index in [4.69, 9.17) is 9.84 Å². The monoisotopic (exact) mass is 370 g/mol. The molecule has 7 heteroatoms. The zero-order valence-corrected chi connectivity index (χ0v) is 15.1.